The molecule has 8 nitrogen and oxygen atoms in total. The molecular formula is C9H24N4O4S2. The fraction of sp³-hybridized carbons (Fsp3) is 1.00. The molecule has 116 valence electrons. The smallest absolute Gasteiger partial charge is 0.216 e. The van der Waals surface area contributed by atoms with Crippen molar-refractivity contribution < 1.29 is 16.8 Å². The van der Waals surface area contributed by atoms with Crippen molar-refractivity contribution in [2.75, 3.05) is 0 Å². The Labute approximate surface area is 115 Å². The summed E-state index contributed by atoms with van der Waals surface area (Å²) in [4.78, 5) is 0. The maximum atomic E-state index is 10.7. The molecule has 6 N–H and O–H groups in total. The summed E-state index contributed by atoms with van der Waals surface area (Å²) in [6.07, 6.45) is 3.94. The van der Waals surface area contributed by atoms with Crippen LogP contribution in [0.2, 0.25) is 0 Å². The predicted octanol–water partition coefficient (Wildman–Crippen LogP) is -0.700. The molecule has 0 amide bonds. The van der Waals surface area contributed by atoms with Gasteiger partial charge in [-0.05, 0) is 26.7 Å². The highest BCUT2D eigenvalue weighted by molar-refractivity contribution is 7.87. The molecule has 2 atom stereocenters. The molecule has 0 fully saturated rings. The van der Waals surface area contributed by atoms with Gasteiger partial charge in [0.15, 0.2) is 0 Å². The second kappa shape index (κ2) is 8.12. The lowest BCUT2D eigenvalue weighted by atomic mass is 10.1. The number of nitrogens with two attached hydrogens (primary N) is 2. The SMILES string of the molecule is CC(CCCCCC(C)NS(N)(=O)=O)NS(N)(=O)=O. The van der Waals surface area contributed by atoms with Crippen LogP contribution in [0.4, 0.5) is 0 Å². The Kier molecular flexibility index (Phi) is 8.01. The van der Waals surface area contributed by atoms with Crippen molar-refractivity contribution in [3.8, 4) is 0 Å². The van der Waals surface area contributed by atoms with E-state index >= 15 is 0 Å². The molecule has 0 bridgehead atoms. The van der Waals surface area contributed by atoms with E-state index in [0.717, 1.165) is 19.3 Å². The minimum atomic E-state index is -3.64. The Bertz CT molecular complexity index is 407. The molecule has 0 aliphatic rings. The molecule has 0 heterocycles. The number of hydrogen-bond donors (Lipinski definition) is 4. The first kappa shape index (κ1) is 18.7. The van der Waals surface area contributed by atoms with Gasteiger partial charge in [-0.15, -0.1) is 0 Å². The molecule has 0 spiro atoms. The Morgan fingerprint density at radius 2 is 1.11 bits per heavy atom. The summed E-state index contributed by atoms with van der Waals surface area (Å²) < 4.78 is 47.6. The van der Waals surface area contributed by atoms with Gasteiger partial charge in [-0.25, -0.2) is 10.3 Å². The zero-order valence-corrected chi connectivity index (χ0v) is 12.9. The van der Waals surface area contributed by atoms with Gasteiger partial charge in [-0.1, -0.05) is 19.3 Å². The lowest BCUT2D eigenvalue weighted by Crippen LogP contribution is -2.37. The lowest BCUT2D eigenvalue weighted by molar-refractivity contribution is 0.497. The van der Waals surface area contributed by atoms with Gasteiger partial charge >= 0.3 is 0 Å². The molecule has 0 rings (SSSR count). The fourth-order valence-electron chi connectivity index (χ4n) is 1.76. The van der Waals surface area contributed by atoms with Crippen LogP contribution in [-0.2, 0) is 20.4 Å². The van der Waals surface area contributed by atoms with Gasteiger partial charge in [0.05, 0.1) is 0 Å². The summed E-state index contributed by atoms with van der Waals surface area (Å²) in [5.74, 6) is 0. The summed E-state index contributed by atoms with van der Waals surface area (Å²) >= 11 is 0. The van der Waals surface area contributed by atoms with Gasteiger partial charge in [-0.3, -0.25) is 0 Å². The summed E-state index contributed by atoms with van der Waals surface area (Å²) in [6, 6.07) is -0.398. The van der Waals surface area contributed by atoms with E-state index in [1.165, 1.54) is 0 Å². The van der Waals surface area contributed by atoms with Gasteiger partial charge in [0.1, 0.15) is 0 Å². The zero-order valence-electron chi connectivity index (χ0n) is 11.3. The second-order valence-corrected chi connectivity index (χ2v) is 7.42. The summed E-state index contributed by atoms with van der Waals surface area (Å²) in [6.45, 7) is 3.49. The van der Waals surface area contributed by atoms with Crippen LogP contribution in [0, 0.1) is 0 Å². The maximum Gasteiger partial charge on any atom is 0.274 e. The van der Waals surface area contributed by atoms with E-state index in [0.29, 0.717) is 12.8 Å². The Morgan fingerprint density at radius 1 is 0.789 bits per heavy atom. The quantitative estimate of drug-likeness (QED) is 0.395. The third-order valence-electron chi connectivity index (χ3n) is 2.51. The van der Waals surface area contributed by atoms with Crippen LogP contribution >= 0.6 is 0 Å². The van der Waals surface area contributed by atoms with Crippen molar-refractivity contribution in [2.24, 2.45) is 10.3 Å². The van der Waals surface area contributed by atoms with Crippen LogP contribution in [0.5, 0.6) is 0 Å². The Hall–Kier alpha value is -0.260. The second-order valence-electron chi connectivity index (χ2n) is 4.77. The van der Waals surface area contributed by atoms with Crippen molar-refractivity contribution in [2.45, 2.75) is 58.0 Å². The van der Waals surface area contributed by atoms with Crippen LogP contribution in [0.1, 0.15) is 46.0 Å². The highest BCUT2D eigenvalue weighted by Crippen LogP contribution is 2.08. The highest BCUT2D eigenvalue weighted by atomic mass is 32.2. The minimum Gasteiger partial charge on any atom is -0.216 e. The van der Waals surface area contributed by atoms with E-state index in [9.17, 15) is 16.8 Å². The first-order valence-electron chi connectivity index (χ1n) is 6.09. The van der Waals surface area contributed by atoms with E-state index in [-0.39, 0.29) is 12.1 Å². The van der Waals surface area contributed by atoms with Gasteiger partial charge in [0.25, 0.3) is 20.4 Å². The van der Waals surface area contributed by atoms with E-state index in [1.54, 1.807) is 13.8 Å². The van der Waals surface area contributed by atoms with Gasteiger partial charge in [-0.2, -0.15) is 26.3 Å². The average molecular weight is 316 g/mol. The van der Waals surface area contributed by atoms with E-state index in [1.807, 2.05) is 0 Å². The monoisotopic (exact) mass is 316 g/mol. The molecule has 0 aromatic heterocycles. The molecule has 0 aromatic rings. The molecular weight excluding hydrogens is 292 g/mol. The van der Waals surface area contributed by atoms with Crippen LogP contribution in [0.3, 0.4) is 0 Å². The maximum absolute atomic E-state index is 10.7. The largest absolute Gasteiger partial charge is 0.274 e. The summed E-state index contributed by atoms with van der Waals surface area (Å²) in [5.41, 5.74) is 0. The standard InChI is InChI=1S/C9H24N4O4S2/c1-8(12-18(10,14)15)6-4-3-5-7-9(2)13-19(11,16)17/h8-9,12-13H,3-7H2,1-2H3,(H2,10,14,15)(H2,11,16,17). The van der Waals surface area contributed by atoms with Crippen molar-refractivity contribution in [3.05, 3.63) is 0 Å². The van der Waals surface area contributed by atoms with Gasteiger partial charge in [0.2, 0.25) is 0 Å². The van der Waals surface area contributed by atoms with Crippen LogP contribution < -0.4 is 19.7 Å². The lowest BCUT2D eigenvalue weighted by Gasteiger charge is -2.13. The summed E-state index contributed by atoms with van der Waals surface area (Å²) in [7, 11) is -7.28. The first-order chi connectivity index (χ1) is 8.49. The van der Waals surface area contributed by atoms with E-state index in [4.69, 9.17) is 10.3 Å². The molecule has 0 aromatic carbocycles. The molecule has 0 aliphatic heterocycles. The highest BCUT2D eigenvalue weighted by Gasteiger charge is 2.10. The van der Waals surface area contributed by atoms with Gasteiger partial charge < -0.3 is 0 Å². The van der Waals surface area contributed by atoms with E-state index < -0.39 is 20.4 Å². The van der Waals surface area contributed by atoms with Gasteiger partial charge in [0, 0.05) is 12.1 Å². The predicted molar refractivity (Wildman–Crippen MR) is 74.5 cm³/mol. The molecule has 10 heteroatoms. The molecule has 2 unspecified atom stereocenters. The van der Waals surface area contributed by atoms with Crippen LogP contribution in [-0.4, -0.2) is 28.9 Å². The first-order valence-corrected chi connectivity index (χ1v) is 9.19. The zero-order chi connectivity index (χ0) is 15.1. The molecule has 0 radical (unpaired) electrons. The Morgan fingerprint density at radius 3 is 1.37 bits per heavy atom. The average Bonchev–Trinajstić information content (AvgIpc) is 2.10. The summed E-state index contributed by atoms with van der Waals surface area (Å²) in [5, 5.41) is 9.70. The van der Waals surface area contributed by atoms with E-state index in [2.05, 4.69) is 9.44 Å². The van der Waals surface area contributed by atoms with Crippen molar-refractivity contribution in [1.29, 1.82) is 0 Å². The van der Waals surface area contributed by atoms with Crippen LogP contribution in [0.25, 0.3) is 0 Å². The molecule has 0 aliphatic carbocycles. The number of hydrogen-bond acceptors (Lipinski definition) is 4. The molecule has 0 saturated heterocycles. The minimum absolute atomic E-state index is 0.199. The van der Waals surface area contributed by atoms with Crippen molar-refractivity contribution in [3.63, 3.8) is 0 Å². The number of rotatable bonds is 10. The third-order valence-corrected chi connectivity index (χ3v) is 3.97. The van der Waals surface area contributed by atoms with Crippen molar-refractivity contribution >= 4 is 20.4 Å². The number of nitrogens with one attached hydrogen (secondary N) is 2. The molecule has 0 saturated carbocycles. The topological polar surface area (TPSA) is 144 Å². The van der Waals surface area contributed by atoms with Crippen LogP contribution in [0.15, 0.2) is 0 Å². The number of unbranched alkanes of at least 4 members (excludes halogenated alkanes) is 2. The third kappa shape index (κ3) is 14.0. The molecule has 19 heavy (non-hydrogen) atoms. The van der Waals surface area contributed by atoms with Crippen molar-refractivity contribution in [1.82, 2.24) is 9.44 Å². The normalized spacial score (nSPS) is 16.2. The Balaban J connectivity index is 3.66. The fourth-order valence-corrected chi connectivity index (χ4v) is 3.11.